The second-order valence-corrected chi connectivity index (χ2v) is 23.5. The molecule has 8 amide bonds. The van der Waals surface area contributed by atoms with E-state index in [2.05, 4.69) is 57.6 Å². The van der Waals surface area contributed by atoms with Crippen LogP contribution in [0.25, 0.3) is 0 Å². The number of nitrogens with one attached hydrogen (secondary N) is 6. The summed E-state index contributed by atoms with van der Waals surface area (Å²) in [5.74, 6) is -0.866. The van der Waals surface area contributed by atoms with Gasteiger partial charge in [-0.3, -0.25) is 54.0 Å². The van der Waals surface area contributed by atoms with E-state index in [9.17, 15) is 38.4 Å². The number of piperidine rings is 2. The Balaban J connectivity index is 0.788. The summed E-state index contributed by atoms with van der Waals surface area (Å²) in [7, 11) is 1.41. The monoisotopic (exact) mass is 1030 g/mol. The Bertz CT molecular complexity index is 2150. The van der Waals surface area contributed by atoms with Gasteiger partial charge in [0.05, 0.1) is 23.7 Å². The molecule has 1 aromatic rings. The summed E-state index contributed by atoms with van der Waals surface area (Å²) >= 11 is 1.65. The minimum atomic E-state index is -0.995. The van der Waals surface area contributed by atoms with E-state index >= 15 is 0 Å². The summed E-state index contributed by atoms with van der Waals surface area (Å²) < 4.78 is 4.99. The first-order valence-electron chi connectivity index (χ1n) is 27.5. The fourth-order valence-corrected chi connectivity index (χ4v) is 13.3. The second kappa shape index (κ2) is 26.1. The van der Waals surface area contributed by atoms with Crippen LogP contribution in [0.2, 0.25) is 0 Å². The fraction of sp³-hybridized carbons (Fsp3) is 0.741. The third kappa shape index (κ3) is 14.4. The van der Waals surface area contributed by atoms with Gasteiger partial charge >= 0.3 is 6.09 Å². The van der Waals surface area contributed by atoms with Crippen LogP contribution in [-0.2, 0) is 28.7 Å². The van der Waals surface area contributed by atoms with E-state index in [0.29, 0.717) is 70.0 Å². The second-order valence-electron chi connectivity index (χ2n) is 22.3. The summed E-state index contributed by atoms with van der Waals surface area (Å²) in [4.78, 5) is 110. The molecule has 19 heteroatoms. The number of carbonyl (C=O) groups is 8. The molecule has 18 nitrogen and oxygen atoms in total. The molecule has 0 aromatic heterocycles. The highest BCUT2D eigenvalue weighted by Crippen LogP contribution is 2.48. The third-order valence-corrected chi connectivity index (χ3v) is 17.5. The van der Waals surface area contributed by atoms with Gasteiger partial charge in [-0.1, -0.05) is 57.4 Å². The van der Waals surface area contributed by atoms with Crippen molar-refractivity contribution in [2.75, 3.05) is 57.4 Å². The van der Waals surface area contributed by atoms with Gasteiger partial charge in [-0.2, -0.15) is 0 Å². The summed E-state index contributed by atoms with van der Waals surface area (Å²) in [5, 5.41) is 18.8. The third-order valence-electron chi connectivity index (χ3n) is 16.4. The molecule has 0 bridgehead atoms. The molecule has 5 unspecified atom stereocenters. The summed E-state index contributed by atoms with van der Waals surface area (Å²) in [6.07, 6.45) is 17.2. The zero-order chi connectivity index (χ0) is 52.1. The van der Waals surface area contributed by atoms with Crippen LogP contribution in [-0.4, -0.2) is 143 Å². The maximum absolute atomic E-state index is 14.6. The number of hydrogen-bond acceptors (Lipinski definition) is 13. The van der Waals surface area contributed by atoms with E-state index in [0.717, 1.165) is 114 Å². The summed E-state index contributed by atoms with van der Waals surface area (Å²) in [6.45, 7) is 10.6. The van der Waals surface area contributed by atoms with Crippen LogP contribution < -0.4 is 31.9 Å². The van der Waals surface area contributed by atoms with E-state index in [1.807, 2.05) is 0 Å². The molecule has 1 aromatic carbocycles. The predicted molar refractivity (Wildman–Crippen MR) is 280 cm³/mol. The molecule has 404 valence electrons. The lowest BCUT2D eigenvalue weighted by Crippen LogP contribution is -2.57. The number of rotatable bonds is 24. The fourth-order valence-electron chi connectivity index (χ4n) is 12.0. The maximum Gasteiger partial charge on any atom is 0.409 e. The quantitative estimate of drug-likeness (QED) is 0.0513. The van der Waals surface area contributed by atoms with Gasteiger partial charge in [0, 0.05) is 68.6 Å². The molecule has 5 fully saturated rings. The van der Waals surface area contributed by atoms with Crippen LogP contribution in [0, 0.1) is 17.3 Å². The van der Waals surface area contributed by atoms with E-state index in [-0.39, 0.29) is 70.8 Å². The SMILES string of the molecule is COC(=O)N1CCCC(C2CSC(NC(=O)[C@H](CCCCNC(=O)CCCCCCCCCCNc3cccc4c3C(=O)N(C3CCC(=O)NC3=O)C4=O)NC(=O)C3(C4CCCC4)CCN(C(C)(C)C)C3)N2)C1. The first kappa shape index (κ1) is 56.0. The van der Waals surface area contributed by atoms with Gasteiger partial charge in [0.1, 0.15) is 17.6 Å². The topological polar surface area (TPSA) is 228 Å². The van der Waals surface area contributed by atoms with Crippen molar-refractivity contribution < 1.29 is 43.1 Å². The van der Waals surface area contributed by atoms with Crippen molar-refractivity contribution in [3.8, 4) is 0 Å². The highest BCUT2D eigenvalue weighted by Gasteiger charge is 2.53. The number of fused-ring (bicyclic) bond motifs is 1. The van der Waals surface area contributed by atoms with E-state index in [4.69, 9.17) is 4.74 Å². The average Bonchev–Trinajstić information content (AvgIpc) is 4.21. The van der Waals surface area contributed by atoms with Crippen molar-refractivity contribution in [3.05, 3.63) is 29.3 Å². The number of amides is 8. The first-order chi connectivity index (χ1) is 35.1. The van der Waals surface area contributed by atoms with Crippen molar-refractivity contribution >= 4 is 64.9 Å². The average molecular weight is 1030 g/mol. The normalized spacial score (nSPS) is 25.2. The van der Waals surface area contributed by atoms with E-state index < -0.39 is 41.1 Å². The number of ether oxygens (including phenoxy) is 1. The number of benzene rings is 1. The lowest BCUT2D eigenvalue weighted by molar-refractivity contribution is -0.138. The Labute approximate surface area is 436 Å². The smallest absolute Gasteiger partial charge is 0.409 e. The molecule has 5 aliphatic heterocycles. The van der Waals surface area contributed by atoms with Crippen LogP contribution in [0.15, 0.2) is 18.2 Å². The Morgan fingerprint density at radius 1 is 0.863 bits per heavy atom. The minimum Gasteiger partial charge on any atom is -0.453 e. The molecule has 6 atom stereocenters. The van der Waals surface area contributed by atoms with Crippen LogP contribution in [0.1, 0.15) is 176 Å². The largest absolute Gasteiger partial charge is 0.453 e. The number of unbranched alkanes of at least 4 members (excludes halogenated alkanes) is 8. The molecule has 7 rings (SSSR count). The molecule has 0 spiro atoms. The van der Waals surface area contributed by atoms with Crippen LogP contribution >= 0.6 is 11.8 Å². The predicted octanol–water partition coefficient (Wildman–Crippen LogP) is 6.05. The van der Waals surface area contributed by atoms with Gasteiger partial charge < -0.3 is 30.9 Å². The number of hydrogen-bond donors (Lipinski definition) is 6. The van der Waals surface area contributed by atoms with Crippen LogP contribution in [0.4, 0.5) is 10.5 Å². The number of likely N-dealkylation sites (tertiary alicyclic amines) is 2. The number of nitrogens with zero attached hydrogens (tertiary/aromatic N) is 3. The Morgan fingerprint density at radius 3 is 2.30 bits per heavy atom. The van der Waals surface area contributed by atoms with Crippen molar-refractivity contribution in [1.82, 2.24) is 41.3 Å². The standard InChI is InChI=1S/C54H83N9O9S/c1-53(2,3)62-32-28-54(35-62,37-20-12-13-21-37)50(70)57-40(46(66)60-51-58-41(34-73-51)36-19-18-31-61(33-36)52(71)72-4)23-14-16-30-56-43(64)25-11-9-7-5-6-8-10-15-29-55-39-24-17-22-38-45(39)49(69)63(48(38)68)42-26-27-44(65)59-47(42)67/h17,22,24,36-37,40-42,51,55,58H,5-16,18-21,23,25-35H2,1-4H3,(H,56,64)(H,57,70)(H,60,66)(H,59,65,67)/t36?,40-,41?,42?,51?,54?/m0/s1. The highest BCUT2D eigenvalue weighted by molar-refractivity contribution is 8.00. The Hall–Kier alpha value is -4.75. The lowest BCUT2D eigenvalue weighted by Gasteiger charge is -2.38. The Morgan fingerprint density at radius 2 is 1.59 bits per heavy atom. The van der Waals surface area contributed by atoms with Gasteiger partial charge in [-0.25, -0.2) is 4.79 Å². The molecular weight excluding hydrogens is 951 g/mol. The lowest BCUT2D eigenvalue weighted by atomic mass is 9.72. The van der Waals surface area contributed by atoms with Gasteiger partial charge in [-0.05, 0) is 122 Å². The number of thioether (sulfide) groups is 1. The van der Waals surface area contributed by atoms with Crippen molar-refractivity contribution in [2.24, 2.45) is 17.3 Å². The molecular formula is C54H83N9O9S. The molecule has 73 heavy (non-hydrogen) atoms. The zero-order valence-electron chi connectivity index (χ0n) is 43.9. The molecule has 1 aliphatic carbocycles. The van der Waals surface area contributed by atoms with Gasteiger partial charge in [-0.15, -0.1) is 11.8 Å². The van der Waals surface area contributed by atoms with Gasteiger partial charge in [0.25, 0.3) is 11.8 Å². The zero-order valence-corrected chi connectivity index (χ0v) is 44.7. The molecule has 0 radical (unpaired) electrons. The number of carbonyl (C=O) groups excluding carboxylic acids is 8. The Kier molecular flexibility index (Phi) is 20.1. The van der Waals surface area contributed by atoms with Crippen LogP contribution in [0.5, 0.6) is 0 Å². The summed E-state index contributed by atoms with van der Waals surface area (Å²) in [6, 6.07) is 3.53. The minimum absolute atomic E-state index is 0.00237. The first-order valence-corrected chi connectivity index (χ1v) is 28.6. The number of imide groups is 2. The summed E-state index contributed by atoms with van der Waals surface area (Å²) in [5.41, 5.74) is 0.216. The molecule has 6 N–H and O–H groups in total. The van der Waals surface area contributed by atoms with Gasteiger partial charge in [0.15, 0.2) is 0 Å². The number of methoxy groups -OCH3 is 1. The van der Waals surface area contributed by atoms with Crippen molar-refractivity contribution in [1.29, 1.82) is 0 Å². The molecule has 1 saturated carbocycles. The van der Waals surface area contributed by atoms with Crippen molar-refractivity contribution in [3.63, 3.8) is 0 Å². The number of anilines is 1. The van der Waals surface area contributed by atoms with Crippen LogP contribution in [0.3, 0.4) is 0 Å². The maximum atomic E-state index is 14.6. The van der Waals surface area contributed by atoms with Gasteiger partial charge in [0.2, 0.25) is 29.5 Å². The van der Waals surface area contributed by atoms with Crippen molar-refractivity contribution in [2.45, 2.75) is 185 Å². The van der Waals surface area contributed by atoms with E-state index in [1.165, 1.54) is 7.11 Å². The molecule has 4 saturated heterocycles. The van der Waals surface area contributed by atoms with E-state index in [1.54, 1.807) is 34.9 Å². The molecule has 5 heterocycles. The molecule has 6 aliphatic rings. The highest BCUT2D eigenvalue weighted by atomic mass is 32.2.